The first kappa shape index (κ1) is 11.8. The SMILES string of the molecule is O=C(/C=C/c1ccc(F)cc1)NC1CCNC1. The molecule has 2 rings (SSSR count). The third kappa shape index (κ3) is 3.67. The van der Waals surface area contributed by atoms with Crippen molar-refractivity contribution in [2.24, 2.45) is 0 Å². The minimum Gasteiger partial charge on any atom is -0.348 e. The Morgan fingerprint density at radius 3 is 2.82 bits per heavy atom. The minimum absolute atomic E-state index is 0.108. The van der Waals surface area contributed by atoms with Crippen molar-refractivity contribution in [2.45, 2.75) is 12.5 Å². The standard InChI is InChI=1S/C13H15FN2O/c14-11-4-1-10(2-5-11)3-6-13(17)16-12-7-8-15-9-12/h1-6,12,15H,7-9H2,(H,16,17)/b6-3+. The molecule has 17 heavy (non-hydrogen) atoms. The van der Waals surface area contributed by atoms with Crippen LogP contribution in [0.15, 0.2) is 30.3 Å². The molecule has 0 aromatic heterocycles. The van der Waals surface area contributed by atoms with Crippen LogP contribution in [0.2, 0.25) is 0 Å². The van der Waals surface area contributed by atoms with Crippen molar-refractivity contribution in [2.75, 3.05) is 13.1 Å². The van der Waals surface area contributed by atoms with E-state index in [0.717, 1.165) is 25.1 Å². The molecule has 0 aliphatic carbocycles. The molecule has 1 fully saturated rings. The predicted molar refractivity (Wildman–Crippen MR) is 64.9 cm³/mol. The Balaban J connectivity index is 1.86. The molecule has 1 aliphatic heterocycles. The molecular formula is C13H15FN2O. The van der Waals surface area contributed by atoms with E-state index in [0.29, 0.717) is 0 Å². The molecule has 1 saturated heterocycles. The van der Waals surface area contributed by atoms with Crippen LogP contribution in [0.5, 0.6) is 0 Å². The van der Waals surface area contributed by atoms with Gasteiger partial charge in [0, 0.05) is 18.7 Å². The molecule has 2 N–H and O–H groups in total. The van der Waals surface area contributed by atoms with Crippen molar-refractivity contribution in [1.29, 1.82) is 0 Å². The van der Waals surface area contributed by atoms with Crippen LogP contribution in [-0.4, -0.2) is 25.0 Å². The summed E-state index contributed by atoms with van der Waals surface area (Å²) in [6, 6.07) is 6.24. The molecule has 1 aliphatic rings. The van der Waals surface area contributed by atoms with Crippen LogP contribution in [-0.2, 0) is 4.79 Å². The number of carbonyl (C=O) groups excluding carboxylic acids is 1. The van der Waals surface area contributed by atoms with Gasteiger partial charge in [0.1, 0.15) is 5.82 Å². The fraction of sp³-hybridized carbons (Fsp3) is 0.308. The Labute approximate surface area is 99.7 Å². The summed E-state index contributed by atoms with van der Waals surface area (Å²) in [5, 5.41) is 6.08. The van der Waals surface area contributed by atoms with E-state index in [-0.39, 0.29) is 17.8 Å². The van der Waals surface area contributed by atoms with Crippen LogP contribution in [0.25, 0.3) is 6.08 Å². The monoisotopic (exact) mass is 234 g/mol. The van der Waals surface area contributed by atoms with Crippen LogP contribution in [0.4, 0.5) is 4.39 Å². The molecule has 3 nitrogen and oxygen atoms in total. The summed E-state index contributed by atoms with van der Waals surface area (Å²) in [7, 11) is 0. The maximum Gasteiger partial charge on any atom is 0.244 e. The highest BCUT2D eigenvalue weighted by Gasteiger charge is 2.14. The highest BCUT2D eigenvalue weighted by atomic mass is 19.1. The maximum absolute atomic E-state index is 12.6. The molecular weight excluding hydrogens is 219 g/mol. The lowest BCUT2D eigenvalue weighted by molar-refractivity contribution is -0.117. The number of halogens is 1. The second-order valence-electron chi connectivity index (χ2n) is 4.08. The highest BCUT2D eigenvalue weighted by molar-refractivity contribution is 5.91. The molecule has 4 heteroatoms. The lowest BCUT2D eigenvalue weighted by Gasteiger charge is -2.08. The molecule has 1 heterocycles. The molecule has 0 spiro atoms. The summed E-state index contributed by atoms with van der Waals surface area (Å²) >= 11 is 0. The van der Waals surface area contributed by atoms with E-state index in [4.69, 9.17) is 0 Å². The molecule has 0 radical (unpaired) electrons. The third-order valence-electron chi connectivity index (χ3n) is 2.70. The van der Waals surface area contributed by atoms with Gasteiger partial charge in [-0.05, 0) is 36.7 Å². The second-order valence-corrected chi connectivity index (χ2v) is 4.08. The summed E-state index contributed by atoms with van der Waals surface area (Å²) < 4.78 is 12.6. The zero-order chi connectivity index (χ0) is 12.1. The molecule has 0 saturated carbocycles. The van der Waals surface area contributed by atoms with Crippen LogP contribution in [0, 0.1) is 5.82 Å². The quantitative estimate of drug-likeness (QED) is 0.774. The van der Waals surface area contributed by atoms with Crippen molar-refractivity contribution >= 4 is 12.0 Å². The molecule has 1 amide bonds. The topological polar surface area (TPSA) is 41.1 Å². The van der Waals surface area contributed by atoms with Crippen molar-refractivity contribution in [3.8, 4) is 0 Å². The summed E-state index contributed by atoms with van der Waals surface area (Å²) in [5.74, 6) is -0.383. The molecule has 0 bridgehead atoms. The number of hydrogen-bond donors (Lipinski definition) is 2. The predicted octanol–water partition coefficient (Wildman–Crippen LogP) is 1.32. The number of carbonyl (C=O) groups is 1. The van der Waals surface area contributed by atoms with Crippen LogP contribution < -0.4 is 10.6 Å². The Hall–Kier alpha value is -1.68. The van der Waals surface area contributed by atoms with Gasteiger partial charge in [0.25, 0.3) is 0 Å². The van der Waals surface area contributed by atoms with Crippen molar-refractivity contribution in [1.82, 2.24) is 10.6 Å². The van der Waals surface area contributed by atoms with Crippen molar-refractivity contribution < 1.29 is 9.18 Å². The number of hydrogen-bond acceptors (Lipinski definition) is 2. The largest absolute Gasteiger partial charge is 0.348 e. The average Bonchev–Trinajstić information content (AvgIpc) is 2.81. The zero-order valence-electron chi connectivity index (χ0n) is 9.45. The number of benzene rings is 1. The van der Waals surface area contributed by atoms with Crippen molar-refractivity contribution in [3.05, 3.63) is 41.7 Å². The molecule has 1 aromatic rings. The molecule has 1 unspecified atom stereocenters. The summed E-state index contributed by atoms with van der Waals surface area (Å²) in [6.45, 7) is 1.78. The third-order valence-corrected chi connectivity index (χ3v) is 2.70. The first-order chi connectivity index (χ1) is 8.24. The fourth-order valence-corrected chi connectivity index (χ4v) is 1.77. The van der Waals surface area contributed by atoms with Gasteiger partial charge in [-0.15, -0.1) is 0 Å². The average molecular weight is 234 g/mol. The van der Waals surface area contributed by atoms with E-state index in [1.54, 1.807) is 18.2 Å². The highest BCUT2D eigenvalue weighted by Crippen LogP contribution is 2.04. The number of rotatable bonds is 3. The van der Waals surface area contributed by atoms with Crippen LogP contribution in [0.3, 0.4) is 0 Å². The fourth-order valence-electron chi connectivity index (χ4n) is 1.77. The summed E-state index contributed by atoms with van der Waals surface area (Å²) in [4.78, 5) is 11.5. The van der Waals surface area contributed by atoms with Crippen molar-refractivity contribution in [3.63, 3.8) is 0 Å². The first-order valence-electron chi connectivity index (χ1n) is 5.69. The van der Waals surface area contributed by atoms with Gasteiger partial charge in [-0.3, -0.25) is 4.79 Å². The Morgan fingerprint density at radius 1 is 1.41 bits per heavy atom. The van der Waals surface area contributed by atoms with Gasteiger partial charge >= 0.3 is 0 Å². The van der Waals surface area contributed by atoms with Gasteiger partial charge < -0.3 is 10.6 Å². The number of nitrogens with one attached hydrogen (secondary N) is 2. The van der Waals surface area contributed by atoms with E-state index in [2.05, 4.69) is 10.6 Å². The Morgan fingerprint density at radius 2 is 2.18 bits per heavy atom. The lowest BCUT2D eigenvalue weighted by atomic mass is 10.2. The van der Waals surface area contributed by atoms with E-state index in [1.807, 2.05) is 0 Å². The second kappa shape index (κ2) is 5.59. The van der Waals surface area contributed by atoms with E-state index in [9.17, 15) is 9.18 Å². The Bertz CT molecular complexity index is 408. The molecule has 1 atom stereocenters. The van der Waals surface area contributed by atoms with Gasteiger partial charge in [0.15, 0.2) is 0 Å². The van der Waals surface area contributed by atoms with Gasteiger partial charge in [-0.2, -0.15) is 0 Å². The summed E-state index contributed by atoms with van der Waals surface area (Å²) in [5.41, 5.74) is 0.811. The molecule has 1 aromatic carbocycles. The lowest BCUT2D eigenvalue weighted by Crippen LogP contribution is -2.34. The van der Waals surface area contributed by atoms with E-state index >= 15 is 0 Å². The van der Waals surface area contributed by atoms with Gasteiger partial charge in [0.05, 0.1) is 0 Å². The van der Waals surface area contributed by atoms with Gasteiger partial charge in [0.2, 0.25) is 5.91 Å². The van der Waals surface area contributed by atoms with E-state index < -0.39 is 0 Å². The van der Waals surface area contributed by atoms with Gasteiger partial charge in [-0.1, -0.05) is 12.1 Å². The van der Waals surface area contributed by atoms with E-state index in [1.165, 1.54) is 18.2 Å². The zero-order valence-corrected chi connectivity index (χ0v) is 9.45. The smallest absolute Gasteiger partial charge is 0.244 e. The van der Waals surface area contributed by atoms with Crippen LogP contribution in [0.1, 0.15) is 12.0 Å². The Kier molecular flexibility index (Phi) is 3.88. The number of amides is 1. The maximum atomic E-state index is 12.6. The normalized spacial score (nSPS) is 19.7. The minimum atomic E-state index is -0.274. The van der Waals surface area contributed by atoms with Gasteiger partial charge in [-0.25, -0.2) is 4.39 Å². The first-order valence-corrected chi connectivity index (χ1v) is 5.69. The summed E-state index contributed by atoms with van der Waals surface area (Å²) in [6.07, 6.45) is 4.12. The molecule has 90 valence electrons. The van der Waals surface area contributed by atoms with Crippen LogP contribution >= 0.6 is 0 Å².